The molecule has 0 aliphatic carbocycles. The molecule has 0 amide bonds. The third-order valence-electron chi connectivity index (χ3n) is 4.57. The van der Waals surface area contributed by atoms with E-state index in [0.29, 0.717) is 12.0 Å². The number of benzene rings is 1. The normalized spacial score (nSPS) is 21.7. The fourth-order valence-electron chi connectivity index (χ4n) is 3.17. The Morgan fingerprint density at radius 1 is 1.18 bits per heavy atom. The second kappa shape index (κ2) is 7.31. The summed E-state index contributed by atoms with van der Waals surface area (Å²) in [6.07, 6.45) is 10.8. The molecule has 2 rings (SSSR count). The summed E-state index contributed by atoms with van der Waals surface area (Å²) in [6, 6.07) is 8.92. The first-order valence-corrected chi connectivity index (χ1v) is 8.08. The van der Waals surface area contributed by atoms with Gasteiger partial charge in [-0.15, -0.1) is 6.58 Å². The molecular formula is C21H27N. The van der Waals surface area contributed by atoms with Crippen molar-refractivity contribution in [2.24, 2.45) is 5.92 Å². The summed E-state index contributed by atoms with van der Waals surface area (Å²) < 4.78 is 0. The smallest absolute Gasteiger partial charge is 0.0470 e. The minimum absolute atomic E-state index is 0.421. The van der Waals surface area contributed by atoms with Gasteiger partial charge in [0, 0.05) is 30.3 Å². The lowest BCUT2D eigenvalue weighted by molar-refractivity contribution is 0.396. The van der Waals surface area contributed by atoms with Crippen LogP contribution in [-0.2, 0) is 0 Å². The van der Waals surface area contributed by atoms with Gasteiger partial charge in [-0.05, 0) is 25.3 Å². The lowest BCUT2D eigenvalue weighted by atomic mass is 9.93. The second-order valence-electron chi connectivity index (χ2n) is 5.97. The molecule has 1 aliphatic heterocycles. The van der Waals surface area contributed by atoms with Crippen LogP contribution in [0, 0.1) is 5.92 Å². The van der Waals surface area contributed by atoms with Crippen molar-refractivity contribution in [3.63, 3.8) is 0 Å². The summed E-state index contributed by atoms with van der Waals surface area (Å²) in [5.74, 6) is 0.421. The molecule has 1 aromatic carbocycles. The molecule has 0 N–H and O–H groups in total. The largest absolute Gasteiger partial charge is 0.368 e. The molecule has 1 aliphatic rings. The van der Waals surface area contributed by atoms with E-state index in [0.717, 1.165) is 12.8 Å². The Hall–Kier alpha value is -2.02. The molecule has 0 bridgehead atoms. The SMILES string of the molecule is C=CCC1C=C(c2ccccc2C=C)N(C)C(CC)C=C1C. The Morgan fingerprint density at radius 3 is 2.55 bits per heavy atom. The third kappa shape index (κ3) is 3.24. The van der Waals surface area contributed by atoms with Crippen molar-refractivity contribution in [3.8, 4) is 0 Å². The van der Waals surface area contributed by atoms with Crippen LogP contribution in [0.4, 0.5) is 0 Å². The monoisotopic (exact) mass is 293 g/mol. The number of nitrogens with zero attached hydrogens (tertiary/aromatic N) is 1. The molecule has 1 aromatic rings. The molecule has 1 heteroatoms. The van der Waals surface area contributed by atoms with E-state index in [2.05, 4.69) is 75.4 Å². The van der Waals surface area contributed by atoms with Gasteiger partial charge < -0.3 is 4.90 Å². The summed E-state index contributed by atoms with van der Waals surface area (Å²) in [7, 11) is 2.19. The Balaban J connectivity index is 2.57. The van der Waals surface area contributed by atoms with Crippen molar-refractivity contribution in [3.05, 3.63) is 72.4 Å². The number of hydrogen-bond acceptors (Lipinski definition) is 1. The average molecular weight is 293 g/mol. The van der Waals surface area contributed by atoms with Crippen molar-refractivity contribution in [2.75, 3.05) is 7.05 Å². The van der Waals surface area contributed by atoms with E-state index in [1.165, 1.54) is 22.4 Å². The van der Waals surface area contributed by atoms with Gasteiger partial charge in [-0.3, -0.25) is 0 Å². The van der Waals surface area contributed by atoms with Gasteiger partial charge in [0.15, 0.2) is 0 Å². The van der Waals surface area contributed by atoms with E-state index in [1.54, 1.807) is 0 Å². The van der Waals surface area contributed by atoms with Gasteiger partial charge in [0.2, 0.25) is 0 Å². The average Bonchev–Trinajstić information content (AvgIpc) is 2.66. The summed E-state index contributed by atoms with van der Waals surface area (Å²) in [6.45, 7) is 12.4. The number of hydrogen-bond donors (Lipinski definition) is 0. The molecule has 116 valence electrons. The maximum Gasteiger partial charge on any atom is 0.0470 e. The van der Waals surface area contributed by atoms with Gasteiger partial charge in [-0.25, -0.2) is 0 Å². The van der Waals surface area contributed by atoms with Gasteiger partial charge in [0.05, 0.1) is 0 Å². The van der Waals surface area contributed by atoms with Crippen LogP contribution in [0.3, 0.4) is 0 Å². The van der Waals surface area contributed by atoms with Gasteiger partial charge in [-0.1, -0.05) is 67.6 Å². The highest BCUT2D eigenvalue weighted by molar-refractivity contribution is 5.74. The van der Waals surface area contributed by atoms with E-state index >= 15 is 0 Å². The maximum atomic E-state index is 3.97. The van der Waals surface area contributed by atoms with E-state index in [-0.39, 0.29) is 0 Å². The van der Waals surface area contributed by atoms with Crippen molar-refractivity contribution in [1.29, 1.82) is 0 Å². The molecule has 2 unspecified atom stereocenters. The van der Waals surface area contributed by atoms with E-state index in [1.807, 2.05) is 12.2 Å². The van der Waals surface area contributed by atoms with Crippen LogP contribution in [0.1, 0.15) is 37.8 Å². The highest BCUT2D eigenvalue weighted by Crippen LogP contribution is 2.33. The fraction of sp³-hybridized carbons (Fsp3) is 0.333. The summed E-state index contributed by atoms with van der Waals surface area (Å²) >= 11 is 0. The van der Waals surface area contributed by atoms with Crippen LogP contribution < -0.4 is 0 Å². The predicted octanol–water partition coefficient (Wildman–Crippen LogP) is 5.53. The van der Waals surface area contributed by atoms with Gasteiger partial charge in [-0.2, -0.15) is 0 Å². The lowest BCUT2D eigenvalue weighted by Gasteiger charge is -2.29. The standard InChI is InChI=1S/C21H27N/c1-6-11-18-15-21(20-13-10-9-12-17(20)7-2)22(5)19(8-3)14-16(18)4/h6-7,9-10,12-15,18-19H,1-2,8,11H2,3-5H3. The van der Waals surface area contributed by atoms with Crippen molar-refractivity contribution in [2.45, 2.75) is 32.7 Å². The topological polar surface area (TPSA) is 3.24 Å². The molecule has 2 atom stereocenters. The minimum Gasteiger partial charge on any atom is -0.368 e. The van der Waals surface area contributed by atoms with Gasteiger partial charge >= 0.3 is 0 Å². The van der Waals surface area contributed by atoms with Crippen molar-refractivity contribution >= 4 is 11.8 Å². The lowest BCUT2D eigenvalue weighted by Crippen LogP contribution is -2.27. The number of rotatable bonds is 5. The van der Waals surface area contributed by atoms with Gasteiger partial charge in [0.1, 0.15) is 0 Å². The van der Waals surface area contributed by atoms with Crippen LogP contribution >= 0.6 is 0 Å². The first-order valence-electron chi connectivity index (χ1n) is 8.08. The van der Waals surface area contributed by atoms with E-state index in [4.69, 9.17) is 0 Å². The zero-order valence-corrected chi connectivity index (χ0v) is 14.0. The quantitative estimate of drug-likeness (QED) is 0.645. The summed E-state index contributed by atoms with van der Waals surface area (Å²) in [5, 5.41) is 0. The van der Waals surface area contributed by atoms with Crippen LogP contribution in [-0.4, -0.2) is 18.0 Å². The number of allylic oxidation sites excluding steroid dienone is 3. The minimum atomic E-state index is 0.421. The highest BCUT2D eigenvalue weighted by atomic mass is 15.1. The summed E-state index contributed by atoms with van der Waals surface area (Å²) in [4.78, 5) is 2.40. The van der Waals surface area contributed by atoms with Gasteiger partial charge in [0.25, 0.3) is 0 Å². The Kier molecular flexibility index (Phi) is 5.43. The first kappa shape index (κ1) is 16.4. The molecule has 22 heavy (non-hydrogen) atoms. The molecule has 1 nitrogen and oxygen atoms in total. The molecule has 0 aromatic heterocycles. The zero-order valence-electron chi connectivity index (χ0n) is 14.0. The van der Waals surface area contributed by atoms with Crippen LogP contribution in [0.5, 0.6) is 0 Å². The molecule has 1 heterocycles. The van der Waals surface area contributed by atoms with E-state index in [9.17, 15) is 0 Å². The molecular weight excluding hydrogens is 266 g/mol. The Morgan fingerprint density at radius 2 is 1.91 bits per heavy atom. The Bertz CT molecular complexity index is 606. The highest BCUT2D eigenvalue weighted by Gasteiger charge is 2.22. The fourth-order valence-corrected chi connectivity index (χ4v) is 3.17. The molecule has 0 saturated heterocycles. The molecule has 0 spiro atoms. The summed E-state index contributed by atoms with van der Waals surface area (Å²) in [5.41, 5.74) is 5.18. The molecule has 0 radical (unpaired) electrons. The van der Waals surface area contributed by atoms with Crippen LogP contribution in [0.2, 0.25) is 0 Å². The van der Waals surface area contributed by atoms with E-state index < -0.39 is 0 Å². The Labute approximate surface area is 135 Å². The van der Waals surface area contributed by atoms with Crippen molar-refractivity contribution in [1.82, 2.24) is 4.90 Å². The third-order valence-corrected chi connectivity index (χ3v) is 4.57. The predicted molar refractivity (Wildman–Crippen MR) is 98.4 cm³/mol. The second-order valence-corrected chi connectivity index (χ2v) is 5.97. The maximum absolute atomic E-state index is 3.97. The molecule has 0 saturated carbocycles. The zero-order chi connectivity index (χ0) is 16.1. The first-order chi connectivity index (χ1) is 10.6. The van der Waals surface area contributed by atoms with Crippen LogP contribution in [0.25, 0.3) is 11.8 Å². The molecule has 0 fully saturated rings. The van der Waals surface area contributed by atoms with Crippen molar-refractivity contribution < 1.29 is 0 Å². The number of likely N-dealkylation sites (N-methyl/N-ethyl adjacent to an activating group) is 1. The van der Waals surface area contributed by atoms with Crippen LogP contribution in [0.15, 0.2) is 61.2 Å².